The van der Waals surface area contributed by atoms with Crippen molar-refractivity contribution in [1.82, 2.24) is 9.80 Å². The van der Waals surface area contributed by atoms with Crippen molar-refractivity contribution in [3.63, 3.8) is 0 Å². The lowest BCUT2D eigenvalue weighted by molar-refractivity contribution is -0.134. The molecule has 0 bridgehead atoms. The normalized spacial score (nSPS) is 15.2. The Morgan fingerprint density at radius 1 is 0.872 bits per heavy atom. The number of anilines is 1. The number of hydrogen-bond acceptors (Lipinski definition) is 6. The van der Waals surface area contributed by atoms with E-state index in [4.69, 9.17) is 15.9 Å². The molecule has 1 aliphatic heterocycles. The van der Waals surface area contributed by atoms with Crippen LogP contribution < -0.4 is 11.1 Å². The smallest absolute Gasteiger partial charge is 0.328 e. The fourth-order valence-electron chi connectivity index (χ4n) is 5.51. The van der Waals surface area contributed by atoms with Gasteiger partial charge in [0.15, 0.2) is 0 Å². The van der Waals surface area contributed by atoms with Crippen LogP contribution in [0, 0.1) is 25.5 Å². The number of carboxylic acid groups (broad SMARTS) is 2. The molecule has 2 amide bonds. The second kappa shape index (κ2) is 17.7. The molecule has 0 aromatic heterocycles. The molecule has 1 atom stereocenters. The minimum absolute atomic E-state index is 0.0342. The third-order valence-electron chi connectivity index (χ3n) is 7.87. The van der Waals surface area contributed by atoms with Gasteiger partial charge in [0.2, 0.25) is 11.8 Å². The van der Waals surface area contributed by atoms with Crippen molar-refractivity contribution >= 4 is 29.4 Å². The van der Waals surface area contributed by atoms with Crippen LogP contribution in [0.5, 0.6) is 0 Å². The zero-order valence-corrected chi connectivity index (χ0v) is 26.4. The number of para-hydroxylation sites is 1. The van der Waals surface area contributed by atoms with E-state index < -0.39 is 23.9 Å². The molecule has 12 heteroatoms. The molecule has 5 N–H and O–H groups in total. The number of amides is 2. The van der Waals surface area contributed by atoms with Crippen LogP contribution in [0.25, 0.3) is 0 Å². The van der Waals surface area contributed by atoms with Crippen molar-refractivity contribution in [3.05, 3.63) is 113 Å². The molecule has 1 saturated heterocycles. The molecular formula is C35H40F2N4O6. The van der Waals surface area contributed by atoms with Gasteiger partial charge in [-0.15, -0.1) is 0 Å². The third-order valence-corrected chi connectivity index (χ3v) is 7.87. The Bertz CT molecular complexity index is 1480. The number of benzene rings is 3. The number of primary amides is 1. The Balaban J connectivity index is 0.000000665. The van der Waals surface area contributed by atoms with Gasteiger partial charge >= 0.3 is 11.9 Å². The second-order valence-corrected chi connectivity index (χ2v) is 11.3. The van der Waals surface area contributed by atoms with Crippen molar-refractivity contribution in [1.29, 1.82) is 0 Å². The first-order valence-electron chi connectivity index (χ1n) is 15.1. The zero-order chi connectivity index (χ0) is 34.5. The molecule has 3 aromatic carbocycles. The van der Waals surface area contributed by atoms with E-state index in [1.165, 1.54) is 24.3 Å². The number of halogens is 2. The number of carboxylic acids is 2. The topological polar surface area (TPSA) is 153 Å². The highest BCUT2D eigenvalue weighted by Crippen LogP contribution is 2.30. The quantitative estimate of drug-likeness (QED) is 0.212. The van der Waals surface area contributed by atoms with E-state index in [1.54, 1.807) is 24.3 Å². The molecule has 0 spiro atoms. The van der Waals surface area contributed by atoms with Crippen LogP contribution in [0.4, 0.5) is 14.5 Å². The fourth-order valence-corrected chi connectivity index (χ4v) is 5.51. The minimum Gasteiger partial charge on any atom is -0.478 e. The average Bonchev–Trinajstić information content (AvgIpc) is 3.02. The van der Waals surface area contributed by atoms with Crippen LogP contribution in [-0.2, 0) is 19.2 Å². The summed E-state index contributed by atoms with van der Waals surface area (Å²) in [6.45, 7) is 6.39. The first kappa shape index (κ1) is 36.5. The van der Waals surface area contributed by atoms with Gasteiger partial charge in [-0.25, -0.2) is 18.4 Å². The first-order chi connectivity index (χ1) is 22.3. The van der Waals surface area contributed by atoms with Crippen LogP contribution in [-0.4, -0.2) is 82.5 Å². The van der Waals surface area contributed by atoms with Gasteiger partial charge in [0.05, 0.1) is 6.54 Å². The summed E-state index contributed by atoms with van der Waals surface area (Å²) in [5.74, 6) is -3.69. The van der Waals surface area contributed by atoms with Gasteiger partial charge in [0, 0.05) is 43.4 Å². The van der Waals surface area contributed by atoms with Crippen LogP contribution in [0.3, 0.4) is 0 Å². The molecule has 47 heavy (non-hydrogen) atoms. The lowest BCUT2D eigenvalue weighted by Gasteiger charge is -2.39. The fraction of sp³-hybridized carbons (Fsp3) is 0.314. The standard InChI is InChI=1S/C31H36F2N4O2.C4H4O4/c1-21-5-3-6-22(2)30(21)35-29(38)20-36-17-18-37(28(19-36)31(34)39)16-4-7-27(23-8-12-25(32)13-9-23)24-10-14-26(33)15-11-24;5-3(6)1-2-4(7)8/h3,5-6,8-15,27-28H,4,7,16-20H2,1-2H3,(H2,34,39)(H,35,38);1-2H,(H,5,6)(H,7,8)/b;2-1-. The maximum absolute atomic E-state index is 13.5. The molecule has 10 nitrogen and oxygen atoms in total. The van der Waals surface area contributed by atoms with E-state index in [-0.39, 0.29) is 30.0 Å². The lowest BCUT2D eigenvalue weighted by atomic mass is 9.87. The van der Waals surface area contributed by atoms with Gasteiger partial charge in [0.25, 0.3) is 0 Å². The van der Waals surface area contributed by atoms with E-state index >= 15 is 0 Å². The van der Waals surface area contributed by atoms with Crippen LogP contribution in [0.1, 0.15) is 41.0 Å². The molecule has 1 aliphatic rings. The summed E-state index contributed by atoms with van der Waals surface area (Å²) in [6, 6.07) is 18.2. The van der Waals surface area contributed by atoms with E-state index in [2.05, 4.69) is 10.2 Å². The molecule has 0 saturated carbocycles. The Labute approximate surface area is 272 Å². The molecular weight excluding hydrogens is 610 g/mol. The van der Waals surface area contributed by atoms with E-state index in [1.807, 2.05) is 36.9 Å². The van der Waals surface area contributed by atoms with Gasteiger partial charge in [-0.1, -0.05) is 42.5 Å². The highest BCUT2D eigenvalue weighted by Gasteiger charge is 2.31. The Morgan fingerprint density at radius 2 is 1.38 bits per heavy atom. The van der Waals surface area contributed by atoms with E-state index in [9.17, 15) is 28.0 Å². The number of rotatable bonds is 12. The predicted molar refractivity (Wildman–Crippen MR) is 174 cm³/mol. The Kier molecular flexibility index (Phi) is 13.7. The lowest BCUT2D eigenvalue weighted by Crippen LogP contribution is -2.59. The number of nitrogens with one attached hydrogen (secondary N) is 1. The van der Waals surface area contributed by atoms with Crippen LogP contribution >= 0.6 is 0 Å². The van der Waals surface area contributed by atoms with Gasteiger partial charge in [-0.2, -0.15) is 0 Å². The van der Waals surface area contributed by atoms with Gasteiger partial charge in [-0.05, 0) is 79.8 Å². The summed E-state index contributed by atoms with van der Waals surface area (Å²) in [5, 5.41) is 18.6. The number of carbonyl (C=O) groups excluding carboxylic acids is 2. The van der Waals surface area contributed by atoms with Crippen molar-refractivity contribution in [3.8, 4) is 0 Å². The number of piperazine rings is 1. The number of aliphatic carboxylic acids is 2. The van der Waals surface area contributed by atoms with Crippen LogP contribution in [0.15, 0.2) is 78.9 Å². The maximum atomic E-state index is 13.5. The second-order valence-electron chi connectivity index (χ2n) is 11.3. The zero-order valence-electron chi connectivity index (χ0n) is 26.4. The molecule has 0 radical (unpaired) electrons. The summed E-state index contributed by atoms with van der Waals surface area (Å²) in [4.78, 5) is 48.3. The van der Waals surface area contributed by atoms with Gasteiger partial charge < -0.3 is 21.3 Å². The molecule has 250 valence electrons. The average molecular weight is 651 g/mol. The predicted octanol–water partition coefficient (Wildman–Crippen LogP) is 4.32. The number of hydrogen-bond donors (Lipinski definition) is 4. The third kappa shape index (κ3) is 11.7. The molecule has 0 aliphatic carbocycles. The van der Waals surface area contributed by atoms with E-state index in [0.717, 1.165) is 40.8 Å². The summed E-state index contributed by atoms with van der Waals surface area (Å²) in [5.41, 5.74) is 10.5. The molecule has 3 aromatic rings. The number of aryl methyl sites for hydroxylation is 2. The summed E-state index contributed by atoms with van der Waals surface area (Å²) in [7, 11) is 0. The maximum Gasteiger partial charge on any atom is 0.328 e. The molecule has 1 unspecified atom stereocenters. The molecule has 4 rings (SSSR count). The van der Waals surface area contributed by atoms with Crippen molar-refractivity contribution in [2.75, 3.05) is 38.0 Å². The van der Waals surface area contributed by atoms with Crippen molar-refractivity contribution in [2.45, 2.75) is 38.6 Å². The SMILES string of the molecule is Cc1cccc(C)c1NC(=O)CN1CCN(CCCC(c2ccc(F)cc2)c2ccc(F)cc2)C(C(N)=O)C1.O=C(O)/C=C\C(=O)O. The minimum atomic E-state index is -1.26. The van der Waals surface area contributed by atoms with Gasteiger partial charge in [0.1, 0.15) is 17.7 Å². The summed E-state index contributed by atoms with van der Waals surface area (Å²) < 4.78 is 27.1. The van der Waals surface area contributed by atoms with Crippen molar-refractivity contribution in [2.24, 2.45) is 5.73 Å². The number of nitrogens with two attached hydrogens (primary N) is 1. The van der Waals surface area contributed by atoms with E-state index in [0.29, 0.717) is 38.3 Å². The van der Waals surface area contributed by atoms with Crippen LogP contribution in [0.2, 0.25) is 0 Å². The van der Waals surface area contributed by atoms with Gasteiger partial charge in [-0.3, -0.25) is 19.4 Å². The molecule has 1 heterocycles. The number of nitrogens with zero attached hydrogens (tertiary/aromatic N) is 2. The first-order valence-corrected chi connectivity index (χ1v) is 15.1. The number of carbonyl (C=O) groups is 4. The monoisotopic (exact) mass is 650 g/mol. The largest absolute Gasteiger partial charge is 0.478 e. The van der Waals surface area contributed by atoms with Crippen molar-refractivity contribution < 1.29 is 38.2 Å². The Hall–Kier alpha value is -4.94. The summed E-state index contributed by atoms with van der Waals surface area (Å²) >= 11 is 0. The highest BCUT2D eigenvalue weighted by atomic mass is 19.1. The summed E-state index contributed by atoms with van der Waals surface area (Å²) in [6.07, 6.45) is 2.61. The highest BCUT2D eigenvalue weighted by molar-refractivity contribution is 5.94. The Morgan fingerprint density at radius 3 is 1.85 bits per heavy atom. The molecule has 1 fully saturated rings.